The summed E-state index contributed by atoms with van der Waals surface area (Å²) in [7, 11) is 1.48. The lowest BCUT2D eigenvalue weighted by Gasteiger charge is -1.95. The van der Waals surface area contributed by atoms with Crippen molar-refractivity contribution in [2.75, 3.05) is 7.11 Å². The third kappa shape index (κ3) is 1.43. The summed E-state index contributed by atoms with van der Waals surface area (Å²) < 4.78 is 9.51. The van der Waals surface area contributed by atoms with Crippen molar-refractivity contribution in [3.05, 3.63) is 12.5 Å². The number of rotatable bonds is 2. The molecule has 0 atom stereocenters. The van der Waals surface area contributed by atoms with Crippen LogP contribution in [0.15, 0.2) is 17.0 Å². The molecular weight excluding hydrogens is 174 g/mol. The first-order valence-electron chi connectivity index (χ1n) is 3.41. The quantitative estimate of drug-likeness (QED) is 0.637. The van der Waals surface area contributed by atoms with Crippen molar-refractivity contribution in [3.63, 3.8) is 0 Å². The van der Waals surface area contributed by atoms with Crippen molar-refractivity contribution >= 4 is 0 Å². The number of methoxy groups -OCH3 is 1. The van der Waals surface area contributed by atoms with Gasteiger partial charge in [0, 0.05) is 0 Å². The number of hydrogen-bond acceptors (Lipinski definition) is 7. The van der Waals surface area contributed by atoms with E-state index in [9.17, 15) is 0 Å². The van der Waals surface area contributed by atoms with Crippen LogP contribution in [0.1, 0.15) is 0 Å². The minimum atomic E-state index is 0.232. The van der Waals surface area contributed by atoms with Gasteiger partial charge in [-0.1, -0.05) is 5.16 Å². The van der Waals surface area contributed by atoms with Crippen LogP contribution in [0.2, 0.25) is 0 Å². The van der Waals surface area contributed by atoms with Gasteiger partial charge in [0.1, 0.15) is 0 Å². The topological polar surface area (TPSA) is 86.8 Å². The number of hydrogen-bond donors (Lipinski definition) is 0. The summed E-state index contributed by atoms with van der Waals surface area (Å²) in [6.45, 7) is 0. The van der Waals surface area contributed by atoms with E-state index >= 15 is 0 Å². The van der Waals surface area contributed by atoms with Crippen LogP contribution in [0, 0.1) is 0 Å². The largest absolute Gasteiger partial charge is 0.479 e. The summed E-state index contributed by atoms with van der Waals surface area (Å²) in [4.78, 5) is 7.66. The van der Waals surface area contributed by atoms with Gasteiger partial charge in [-0.15, -0.1) is 10.2 Å². The maximum absolute atomic E-state index is 4.78. The molecule has 0 aliphatic heterocycles. The lowest BCUT2D eigenvalue weighted by Crippen LogP contribution is -1.95. The molecule has 7 heteroatoms. The van der Waals surface area contributed by atoms with Gasteiger partial charge in [-0.05, 0) is 0 Å². The highest BCUT2D eigenvalue weighted by atomic mass is 16.5. The van der Waals surface area contributed by atoms with Crippen molar-refractivity contribution in [1.82, 2.24) is 25.3 Å². The molecule has 7 nitrogen and oxygen atoms in total. The van der Waals surface area contributed by atoms with Gasteiger partial charge < -0.3 is 9.26 Å². The smallest absolute Gasteiger partial charge is 0.297 e. The molecule has 13 heavy (non-hydrogen) atoms. The molecule has 0 aliphatic rings. The third-order valence-electron chi connectivity index (χ3n) is 1.30. The molecule has 0 radical (unpaired) electrons. The second kappa shape index (κ2) is 3.13. The molecule has 2 aromatic heterocycles. The van der Waals surface area contributed by atoms with Crippen molar-refractivity contribution in [3.8, 4) is 17.6 Å². The Morgan fingerprint density at radius 1 is 1.31 bits per heavy atom. The van der Waals surface area contributed by atoms with Crippen LogP contribution < -0.4 is 4.74 Å². The zero-order chi connectivity index (χ0) is 9.10. The monoisotopic (exact) mass is 179 g/mol. The SMILES string of the molecule is COc1cnc(-c2ncno2)nn1. The molecule has 2 aromatic rings. The van der Waals surface area contributed by atoms with Crippen molar-refractivity contribution < 1.29 is 9.26 Å². The van der Waals surface area contributed by atoms with Gasteiger partial charge in [0.15, 0.2) is 6.33 Å². The summed E-state index contributed by atoms with van der Waals surface area (Å²) in [5.74, 6) is 0.844. The van der Waals surface area contributed by atoms with Crippen LogP contribution in [0.25, 0.3) is 11.7 Å². The molecule has 0 bridgehead atoms. The van der Waals surface area contributed by atoms with E-state index in [1.54, 1.807) is 0 Å². The van der Waals surface area contributed by atoms with Gasteiger partial charge in [0.25, 0.3) is 11.8 Å². The molecule has 0 amide bonds. The van der Waals surface area contributed by atoms with Crippen molar-refractivity contribution in [2.24, 2.45) is 0 Å². The second-order valence-corrected chi connectivity index (χ2v) is 2.07. The van der Waals surface area contributed by atoms with Gasteiger partial charge in [0.2, 0.25) is 5.82 Å². The number of aromatic nitrogens is 5. The van der Waals surface area contributed by atoms with Gasteiger partial charge in [-0.3, -0.25) is 0 Å². The van der Waals surface area contributed by atoms with Crippen LogP contribution in [0.5, 0.6) is 5.88 Å². The predicted molar refractivity (Wildman–Crippen MR) is 39.7 cm³/mol. The van der Waals surface area contributed by atoms with E-state index in [4.69, 9.17) is 9.26 Å². The maximum atomic E-state index is 4.78. The Hall–Kier alpha value is -2.05. The molecule has 0 saturated heterocycles. The fourth-order valence-corrected chi connectivity index (χ4v) is 0.728. The van der Waals surface area contributed by atoms with Crippen LogP contribution in [0.3, 0.4) is 0 Å². The van der Waals surface area contributed by atoms with E-state index in [2.05, 4.69) is 25.3 Å². The molecule has 0 spiro atoms. The molecule has 2 rings (SSSR count). The first kappa shape index (κ1) is 7.59. The van der Waals surface area contributed by atoms with Crippen molar-refractivity contribution in [2.45, 2.75) is 0 Å². The summed E-state index contributed by atoms with van der Waals surface area (Å²) in [5, 5.41) is 10.8. The fourth-order valence-electron chi connectivity index (χ4n) is 0.728. The summed E-state index contributed by atoms with van der Waals surface area (Å²) in [5.41, 5.74) is 0. The van der Waals surface area contributed by atoms with E-state index in [0.717, 1.165) is 0 Å². The molecular formula is C6H5N5O2. The van der Waals surface area contributed by atoms with Crippen LogP contribution >= 0.6 is 0 Å². The Morgan fingerprint density at radius 2 is 2.23 bits per heavy atom. The molecule has 0 N–H and O–H groups in total. The van der Waals surface area contributed by atoms with Crippen LogP contribution in [0.4, 0.5) is 0 Å². The Labute approximate surface area is 72.8 Å². The highest BCUT2D eigenvalue weighted by Gasteiger charge is 2.07. The molecule has 0 aromatic carbocycles. The highest BCUT2D eigenvalue weighted by molar-refractivity contribution is 5.37. The predicted octanol–water partition coefficient (Wildman–Crippen LogP) is -0.0698. The Morgan fingerprint density at radius 3 is 2.77 bits per heavy atom. The van der Waals surface area contributed by atoms with E-state index in [-0.39, 0.29) is 11.7 Å². The first-order valence-corrected chi connectivity index (χ1v) is 3.41. The molecule has 0 saturated carbocycles. The van der Waals surface area contributed by atoms with Gasteiger partial charge in [0.05, 0.1) is 13.3 Å². The average molecular weight is 179 g/mol. The van der Waals surface area contributed by atoms with Crippen LogP contribution in [-0.2, 0) is 0 Å². The summed E-state index contributed by atoms with van der Waals surface area (Å²) in [6, 6.07) is 0. The molecule has 0 unspecified atom stereocenters. The highest BCUT2D eigenvalue weighted by Crippen LogP contribution is 2.09. The Balaban J connectivity index is 2.33. The lowest BCUT2D eigenvalue weighted by molar-refractivity contribution is 0.387. The zero-order valence-corrected chi connectivity index (χ0v) is 6.71. The van der Waals surface area contributed by atoms with Gasteiger partial charge in [-0.25, -0.2) is 4.98 Å². The average Bonchev–Trinajstić information content (AvgIpc) is 2.71. The Kier molecular flexibility index (Phi) is 1.83. The third-order valence-corrected chi connectivity index (χ3v) is 1.30. The number of ether oxygens (including phenoxy) is 1. The van der Waals surface area contributed by atoms with Gasteiger partial charge in [-0.2, -0.15) is 4.98 Å². The molecule has 2 heterocycles. The minimum absolute atomic E-state index is 0.232. The molecule has 0 aliphatic carbocycles. The number of nitrogens with zero attached hydrogens (tertiary/aromatic N) is 5. The van der Waals surface area contributed by atoms with E-state index < -0.39 is 0 Å². The summed E-state index contributed by atoms with van der Waals surface area (Å²) >= 11 is 0. The molecule has 0 fully saturated rings. The first-order chi connectivity index (χ1) is 6.40. The fraction of sp³-hybridized carbons (Fsp3) is 0.167. The normalized spacial score (nSPS) is 9.92. The van der Waals surface area contributed by atoms with Gasteiger partial charge >= 0.3 is 0 Å². The Bertz CT molecular complexity index is 370. The maximum Gasteiger partial charge on any atom is 0.297 e. The molecule has 66 valence electrons. The van der Waals surface area contributed by atoms with E-state index in [1.165, 1.54) is 19.6 Å². The van der Waals surface area contributed by atoms with Crippen molar-refractivity contribution in [1.29, 1.82) is 0 Å². The second-order valence-electron chi connectivity index (χ2n) is 2.07. The van der Waals surface area contributed by atoms with E-state index in [0.29, 0.717) is 5.88 Å². The van der Waals surface area contributed by atoms with Crippen LogP contribution in [-0.4, -0.2) is 32.4 Å². The summed E-state index contributed by atoms with van der Waals surface area (Å²) in [6.07, 6.45) is 2.69. The van der Waals surface area contributed by atoms with E-state index in [1.807, 2.05) is 0 Å². The zero-order valence-electron chi connectivity index (χ0n) is 6.71. The lowest BCUT2D eigenvalue weighted by atomic mass is 10.6. The standard InChI is InChI=1S/C6H5N5O2/c1-12-4-2-7-5(11-10-4)6-8-3-9-13-6/h2-3H,1H3. The minimum Gasteiger partial charge on any atom is -0.479 e.